The molecule has 0 radical (unpaired) electrons. The minimum atomic E-state index is -3.43. The average Bonchev–Trinajstić information content (AvgIpc) is 2.91. The van der Waals surface area contributed by atoms with E-state index < -0.39 is 16.0 Å². The van der Waals surface area contributed by atoms with Crippen LogP contribution in [-0.4, -0.2) is 51.0 Å². The Bertz CT molecular complexity index is 713. The second kappa shape index (κ2) is 8.03. The molecule has 2 aliphatic rings. The highest BCUT2D eigenvalue weighted by Gasteiger charge is 2.38. The third-order valence-electron chi connectivity index (χ3n) is 5.10. The quantitative estimate of drug-likeness (QED) is 0.780. The first-order valence-corrected chi connectivity index (χ1v) is 9.89. The van der Waals surface area contributed by atoms with Gasteiger partial charge >= 0.3 is 5.97 Å². The number of nitrogens with one attached hydrogen (secondary N) is 1. The van der Waals surface area contributed by atoms with Crippen molar-refractivity contribution in [3.8, 4) is 0 Å². The van der Waals surface area contributed by atoms with Crippen molar-refractivity contribution in [1.82, 2.24) is 9.62 Å². The van der Waals surface area contributed by atoms with Gasteiger partial charge in [0.25, 0.3) is 0 Å². The molecular weight excluding hydrogens is 364 g/mol. The van der Waals surface area contributed by atoms with Crippen LogP contribution in [0.3, 0.4) is 0 Å². The lowest BCUT2D eigenvalue weighted by molar-refractivity contribution is 0.0600. The van der Waals surface area contributed by atoms with E-state index >= 15 is 0 Å². The highest BCUT2D eigenvalue weighted by Crippen LogP contribution is 2.30. The molecule has 0 aromatic heterocycles. The highest BCUT2D eigenvalue weighted by atomic mass is 35.5. The van der Waals surface area contributed by atoms with Crippen molar-refractivity contribution in [3.63, 3.8) is 0 Å². The van der Waals surface area contributed by atoms with Crippen LogP contribution in [0, 0.1) is 0 Å². The minimum absolute atomic E-state index is 0. The Morgan fingerprint density at radius 2 is 1.92 bits per heavy atom. The number of fused-ring (bicyclic) bond motifs is 2. The molecule has 2 fully saturated rings. The Hall–Kier alpha value is -1.15. The van der Waals surface area contributed by atoms with E-state index in [0.717, 1.165) is 25.7 Å². The summed E-state index contributed by atoms with van der Waals surface area (Å²) in [7, 11) is -0.442. The fraction of sp³-hybridized carbons (Fsp3) is 0.588. The van der Waals surface area contributed by atoms with Crippen LogP contribution in [0.15, 0.2) is 24.3 Å². The first-order chi connectivity index (χ1) is 11.4. The molecule has 140 valence electrons. The van der Waals surface area contributed by atoms with Gasteiger partial charge in [-0.2, -0.15) is 0 Å². The number of ether oxygens (including phenoxy) is 1. The van der Waals surface area contributed by atoms with E-state index in [9.17, 15) is 13.2 Å². The van der Waals surface area contributed by atoms with Gasteiger partial charge in [0.05, 0.1) is 18.4 Å². The molecule has 2 atom stereocenters. The molecule has 6 nitrogen and oxygen atoms in total. The van der Waals surface area contributed by atoms with Gasteiger partial charge < -0.3 is 10.1 Å². The van der Waals surface area contributed by atoms with Gasteiger partial charge in [-0.1, -0.05) is 12.1 Å². The number of benzene rings is 1. The molecule has 2 saturated heterocycles. The number of methoxy groups -OCH3 is 1. The molecule has 0 saturated carbocycles. The van der Waals surface area contributed by atoms with Crippen LogP contribution >= 0.6 is 12.4 Å². The Labute approximate surface area is 155 Å². The summed E-state index contributed by atoms with van der Waals surface area (Å²) < 4.78 is 31.8. The number of hydrogen-bond donors (Lipinski definition) is 1. The van der Waals surface area contributed by atoms with Gasteiger partial charge in [0.15, 0.2) is 0 Å². The molecule has 0 spiro atoms. The van der Waals surface area contributed by atoms with Gasteiger partial charge in [-0.05, 0) is 43.4 Å². The lowest BCUT2D eigenvalue weighted by atomic mass is 10.0. The van der Waals surface area contributed by atoms with Crippen molar-refractivity contribution < 1.29 is 17.9 Å². The third kappa shape index (κ3) is 4.53. The zero-order valence-corrected chi connectivity index (χ0v) is 16.1. The third-order valence-corrected chi connectivity index (χ3v) is 6.97. The van der Waals surface area contributed by atoms with E-state index in [-0.39, 0.29) is 24.2 Å². The molecule has 8 heteroatoms. The van der Waals surface area contributed by atoms with Crippen LogP contribution in [0.2, 0.25) is 0 Å². The van der Waals surface area contributed by atoms with Crippen molar-refractivity contribution in [2.75, 3.05) is 14.2 Å². The van der Waals surface area contributed by atoms with Gasteiger partial charge in [0.1, 0.15) is 0 Å². The normalized spacial score (nSPS) is 25.5. The van der Waals surface area contributed by atoms with Crippen LogP contribution < -0.4 is 5.32 Å². The van der Waals surface area contributed by atoms with Gasteiger partial charge in [-0.3, -0.25) is 0 Å². The van der Waals surface area contributed by atoms with Crippen molar-refractivity contribution in [2.24, 2.45) is 0 Å². The molecule has 1 aromatic carbocycles. The van der Waals surface area contributed by atoms with Crippen molar-refractivity contribution in [2.45, 2.75) is 49.6 Å². The Kier molecular flexibility index (Phi) is 6.48. The smallest absolute Gasteiger partial charge is 0.337 e. The molecule has 2 unspecified atom stereocenters. The highest BCUT2D eigenvalue weighted by molar-refractivity contribution is 7.88. The standard InChI is InChI=1S/C17H24N2O4S.ClH/c1-19(16-9-14-6-7-15(10-16)18-14)24(21,22)11-12-4-3-5-13(8-12)17(20)23-2;/h3-5,8,14-16,18H,6-7,9-11H2,1-2H3;1H. The van der Waals surface area contributed by atoms with Crippen molar-refractivity contribution >= 4 is 28.4 Å². The number of rotatable bonds is 5. The second-order valence-electron chi connectivity index (χ2n) is 6.73. The van der Waals surface area contributed by atoms with E-state index in [1.54, 1.807) is 31.3 Å². The number of carbonyl (C=O) groups is 1. The molecule has 1 aromatic rings. The maximum atomic E-state index is 12.8. The molecule has 3 rings (SSSR count). The predicted molar refractivity (Wildman–Crippen MR) is 98.4 cm³/mol. The Morgan fingerprint density at radius 1 is 1.28 bits per heavy atom. The first kappa shape index (κ1) is 20.2. The summed E-state index contributed by atoms with van der Waals surface area (Å²) in [5, 5.41) is 3.53. The maximum absolute atomic E-state index is 12.8. The molecule has 2 bridgehead atoms. The van der Waals surface area contributed by atoms with Crippen molar-refractivity contribution in [1.29, 1.82) is 0 Å². The molecule has 1 N–H and O–H groups in total. The summed E-state index contributed by atoms with van der Waals surface area (Å²) in [6.45, 7) is 0. The van der Waals surface area contributed by atoms with Crippen LogP contribution in [0.5, 0.6) is 0 Å². The molecular formula is C17H25ClN2O4S. The van der Waals surface area contributed by atoms with Gasteiger partial charge in [0, 0.05) is 25.2 Å². The summed E-state index contributed by atoms with van der Waals surface area (Å²) in [4.78, 5) is 11.6. The lowest BCUT2D eigenvalue weighted by Crippen LogP contribution is -2.48. The second-order valence-corrected chi connectivity index (χ2v) is 8.76. The molecule has 0 amide bonds. The average molecular weight is 389 g/mol. The van der Waals surface area contributed by atoms with E-state index in [0.29, 0.717) is 23.2 Å². The van der Waals surface area contributed by atoms with E-state index in [2.05, 4.69) is 10.1 Å². The summed E-state index contributed by atoms with van der Waals surface area (Å²) in [5.74, 6) is -0.564. The van der Waals surface area contributed by atoms with E-state index in [1.807, 2.05) is 0 Å². The Balaban J connectivity index is 0.00000225. The fourth-order valence-electron chi connectivity index (χ4n) is 3.77. The van der Waals surface area contributed by atoms with E-state index in [1.165, 1.54) is 11.4 Å². The molecule has 0 aliphatic carbocycles. The zero-order valence-electron chi connectivity index (χ0n) is 14.5. The lowest BCUT2D eigenvalue weighted by Gasteiger charge is -2.34. The zero-order chi connectivity index (χ0) is 17.3. The molecule has 2 heterocycles. The topological polar surface area (TPSA) is 75.7 Å². The SMILES string of the molecule is COC(=O)c1cccc(CS(=O)(=O)N(C)C2CC3CCC(C2)N3)c1.Cl. The van der Waals surface area contributed by atoms with Crippen LogP contribution in [0.1, 0.15) is 41.6 Å². The number of piperidine rings is 1. The van der Waals surface area contributed by atoms with Crippen LogP contribution in [0.25, 0.3) is 0 Å². The van der Waals surface area contributed by atoms with Gasteiger partial charge in [-0.15, -0.1) is 12.4 Å². The van der Waals surface area contributed by atoms with Gasteiger partial charge in [0.2, 0.25) is 10.0 Å². The monoisotopic (exact) mass is 388 g/mol. The predicted octanol–water partition coefficient (Wildman–Crippen LogP) is 1.94. The number of esters is 1. The summed E-state index contributed by atoms with van der Waals surface area (Å²) >= 11 is 0. The number of carbonyl (C=O) groups excluding carboxylic acids is 1. The van der Waals surface area contributed by atoms with Crippen LogP contribution in [-0.2, 0) is 20.5 Å². The largest absolute Gasteiger partial charge is 0.465 e. The fourth-order valence-corrected chi connectivity index (χ4v) is 5.20. The number of hydrogen-bond acceptors (Lipinski definition) is 5. The molecule has 25 heavy (non-hydrogen) atoms. The summed E-state index contributed by atoms with van der Waals surface area (Å²) in [5.41, 5.74) is 0.967. The maximum Gasteiger partial charge on any atom is 0.337 e. The van der Waals surface area contributed by atoms with E-state index in [4.69, 9.17) is 0 Å². The molecule has 2 aliphatic heterocycles. The van der Waals surface area contributed by atoms with Crippen molar-refractivity contribution in [3.05, 3.63) is 35.4 Å². The minimum Gasteiger partial charge on any atom is -0.465 e. The number of nitrogens with zero attached hydrogens (tertiary/aromatic N) is 1. The summed E-state index contributed by atoms with van der Waals surface area (Å²) in [6, 6.07) is 7.55. The Morgan fingerprint density at radius 3 is 2.52 bits per heavy atom. The summed E-state index contributed by atoms with van der Waals surface area (Å²) in [6.07, 6.45) is 4.01. The van der Waals surface area contributed by atoms with Gasteiger partial charge in [-0.25, -0.2) is 17.5 Å². The number of sulfonamides is 1. The number of halogens is 1. The first-order valence-electron chi connectivity index (χ1n) is 8.28. The van der Waals surface area contributed by atoms with Crippen LogP contribution in [0.4, 0.5) is 0 Å².